The molecule has 0 aromatic carbocycles. The van der Waals surface area contributed by atoms with Crippen LogP contribution in [0.1, 0.15) is 5.56 Å². The van der Waals surface area contributed by atoms with Gasteiger partial charge in [0.15, 0.2) is 5.82 Å². The number of rotatable bonds is 2. The van der Waals surface area contributed by atoms with E-state index in [1.54, 1.807) is 6.92 Å². The molecule has 0 fully saturated rings. The zero-order chi connectivity index (χ0) is 17.7. The fourth-order valence-electron chi connectivity index (χ4n) is 1.01. The molecule has 0 aliphatic heterocycles. The fraction of sp³-hybridized carbons (Fsp3) is 0.143. The Balaban J connectivity index is 0.000000763. The van der Waals surface area contributed by atoms with E-state index in [2.05, 4.69) is 9.97 Å². The number of hydrazine groups is 2. The number of nitrogens with two attached hydrogens (primary N) is 4. The van der Waals surface area contributed by atoms with Gasteiger partial charge in [-0.15, -0.1) is 0 Å². The number of nitrogens with one attached hydrogen (secondary N) is 2. The predicted octanol–water partition coefficient (Wildman–Crippen LogP) is -2.72. The third-order valence-corrected chi connectivity index (χ3v) is 1.90. The van der Waals surface area contributed by atoms with Gasteiger partial charge in [-0.25, -0.2) is 26.7 Å². The molecule has 22 heavy (non-hydrogen) atoms. The number of aryl methyl sites for hydroxylation is 1. The second-order valence-corrected chi connectivity index (χ2v) is 4.53. The number of aromatic nitrogens is 2. The van der Waals surface area contributed by atoms with Crippen molar-refractivity contribution in [2.45, 2.75) is 6.92 Å². The average molecular weight is 336 g/mol. The van der Waals surface area contributed by atoms with Crippen molar-refractivity contribution in [2.75, 3.05) is 10.0 Å². The van der Waals surface area contributed by atoms with Crippen molar-refractivity contribution in [1.82, 2.24) is 9.97 Å². The van der Waals surface area contributed by atoms with Crippen molar-refractivity contribution in [1.29, 1.82) is 10.8 Å². The highest BCUT2D eigenvalue weighted by atomic mass is 32.3. The first-order valence-corrected chi connectivity index (χ1v) is 6.55. The summed E-state index contributed by atoms with van der Waals surface area (Å²) in [6.07, 6.45) is 1.43. The van der Waals surface area contributed by atoms with Crippen molar-refractivity contribution in [3.63, 3.8) is 0 Å². The Morgan fingerprint density at radius 2 is 1.59 bits per heavy atom. The molecule has 0 unspecified atom stereocenters. The number of hydrogen-bond donors (Lipinski definition) is 8. The van der Waals surface area contributed by atoms with Crippen LogP contribution < -0.4 is 33.2 Å². The molecule has 1 aromatic heterocycles. The Labute approximate surface area is 125 Å². The summed E-state index contributed by atoms with van der Waals surface area (Å²) in [5, 5.41) is 16.0. The Kier molecular flexibility index (Phi) is 6.55. The van der Waals surface area contributed by atoms with Gasteiger partial charge in [0, 0.05) is 11.8 Å². The molecule has 0 amide bonds. The summed E-state index contributed by atoms with van der Waals surface area (Å²) in [6, 6.07) is 0. The van der Waals surface area contributed by atoms with Gasteiger partial charge in [0.25, 0.3) is 0 Å². The Bertz CT molecular complexity index is 653. The lowest BCUT2D eigenvalue weighted by Gasteiger charge is -2.19. The molecular formula is C7H16N10O4S. The van der Waals surface area contributed by atoms with Crippen LogP contribution in [0.4, 0.5) is 11.8 Å². The van der Waals surface area contributed by atoms with Crippen LogP contribution >= 0.6 is 0 Å². The van der Waals surface area contributed by atoms with Gasteiger partial charge < -0.3 is 11.5 Å². The first-order chi connectivity index (χ1) is 9.84. The minimum absolute atomic E-state index is 0.0187. The van der Waals surface area contributed by atoms with Crippen molar-refractivity contribution < 1.29 is 17.5 Å². The van der Waals surface area contributed by atoms with Crippen molar-refractivity contribution in [3.05, 3.63) is 11.8 Å². The summed E-state index contributed by atoms with van der Waals surface area (Å²) in [5.41, 5.74) is 11.0. The number of guanidine groups is 2. The molecular weight excluding hydrogens is 320 g/mol. The lowest BCUT2D eigenvalue weighted by atomic mass is 10.3. The molecule has 0 bridgehead atoms. The molecule has 0 radical (unpaired) electrons. The maximum Gasteiger partial charge on any atom is 0.394 e. The van der Waals surface area contributed by atoms with E-state index in [9.17, 15) is 0 Å². The molecule has 0 saturated heterocycles. The summed E-state index contributed by atoms with van der Waals surface area (Å²) in [4.78, 5) is 7.84. The summed E-state index contributed by atoms with van der Waals surface area (Å²) in [6.45, 7) is 1.69. The van der Waals surface area contributed by atoms with Crippen LogP contribution in [0.25, 0.3) is 0 Å². The van der Waals surface area contributed by atoms with Gasteiger partial charge in [-0.1, -0.05) is 0 Å². The molecule has 1 aromatic rings. The number of nitrogens with zero attached hydrogens (tertiary/aromatic N) is 4. The Morgan fingerprint density at radius 3 is 1.95 bits per heavy atom. The zero-order valence-electron chi connectivity index (χ0n) is 11.3. The summed E-state index contributed by atoms with van der Waals surface area (Å²) in [5.74, 6) is 10.4. The second-order valence-electron chi connectivity index (χ2n) is 3.63. The van der Waals surface area contributed by atoms with Gasteiger partial charge in [-0.05, 0) is 6.92 Å². The molecule has 1 rings (SSSR count). The van der Waals surface area contributed by atoms with Crippen molar-refractivity contribution in [2.24, 2.45) is 23.2 Å². The molecule has 15 heteroatoms. The monoisotopic (exact) mass is 336 g/mol. The van der Waals surface area contributed by atoms with E-state index in [1.807, 2.05) is 0 Å². The van der Waals surface area contributed by atoms with E-state index in [0.29, 0.717) is 5.56 Å². The SMILES string of the molecule is Cc1cnc(N(N)C(=N)N)nc1N(N)C(=N)N.O=S(=O)(O)O. The van der Waals surface area contributed by atoms with E-state index < -0.39 is 16.4 Å². The highest BCUT2D eigenvalue weighted by molar-refractivity contribution is 7.79. The second kappa shape index (κ2) is 7.43. The molecule has 14 nitrogen and oxygen atoms in total. The minimum Gasteiger partial charge on any atom is -0.369 e. The van der Waals surface area contributed by atoms with Gasteiger partial charge >= 0.3 is 10.4 Å². The van der Waals surface area contributed by atoms with Crippen LogP contribution in [-0.4, -0.2) is 39.4 Å². The van der Waals surface area contributed by atoms with Crippen LogP contribution in [0.3, 0.4) is 0 Å². The van der Waals surface area contributed by atoms with Gasteiger partial charge in [0.1, 0.15) is 0 Å². The molecule has 12 N–H and O–H groups in total. The average Bonchev–Trinajstić information content (AvgIpc) is 2.35. The van der Waals surface area contributed by atoms with E-state index in [4.69, 9.17) is 51.5 Å². The van der Waals surface area contributed by atoms with E-state index in [1.165, 1.54) is 6.20 Å². The van der Waals surface area contributed by atoms with Gasteiger partial charge in [0.2, 0.25) is 17.9 Å². The lowest BCUT2D eigenvalue weighted by molar-refractivity contribution is 0.381. The summed E-state index contributed by atoms with van der Waals surface area (Å²) in [7, 11) is -4.67. The highest BCUT2D eigenvalue weighted by Crippen LogP contribution is 2.15. The molecule has 124 valence electrons. The van der Waals surface area contributed by atoms with Crippen LogP contribution in [0, 0.1) is 17.7 Å². The zero-order valence-corrected chi connectivity index (χ0v) is 12.1. The Morgan fingerprint density at radius 1 is 1.18 bits per heavy atom. The van der Waals surface area contributed by atoms with E-state index >= 15 is 0 Å². The maximum atomic E-state index is 8.74. The Hall–Kier alpha value is -2.59. The van der Waals surface area contributed by atoms with Crippen LogP contribution in [0.5, 0.6) is 0 Å². The molecule has 0 saturated carbocycles. The van der Waals surface area contributed by atoms with E-state index in [-0.39, 0.29) is 17.7 Å². The van der Waals surface area contributed by atoms with Crippen LogP contribution in [0.15, 0.2) is 6.20 Å². The van der Waals surface area contributed by atoms with Crippen molar-refractivity contribution >= 4 is 34.1 Å². The first kappa shape index (κ1) is 19.4. The third kappa shape index (κ3) is 6.72. The summed E-state index contributed by atoms with van der Waals surface area (Å²) >= 11 is 0. The van der Waals surface area contributed by atoms with Crippen molar-refractivity contribution in [3.8, 4) is 0 Å². The molecule has 0 aliphatic carbocycles. The van der Waals surface area contributed by atoms with Gasteiger partial charge in [0.05, 0.1) is 0 Å². The van der Waals surface area contributed by atoms with Gasteiger partial charge in [-0.3, -0.25) is 19.9 Å². The topological polar surface area (TPSA) is 259 Å². The lowest BCUT2D eigenvalue weighted by Crippen LogP contribution is -2.45. The van der Waals surface area contributed by atoms with E-state index in [0.717, 1.165) is 10.0 Å². The van der Waals surface area contributed by atoms with Gasteiger partial charge in [-0.2, -0.15) is 13.4 Å². The maximum absolute atomic E-state index is 8.74. The number of hydrogen-bond acceptors (Lipinski definition) is 8. The third-order valence-electron chi connectivity index (χ3n) is 1.90. The van der Waals surface area contributed by atoms with Crippen LogP contribution in [-0.2, 0) is 10.4 Å². The van der Waals surface area contributed by atoms with Crippen LogP contribution in [0.2, 0.25) is 0 Å². The quantitative estimate of drug-likeness (QED) is 0.0899. The fourth-order valence-corrected chi connectivity index (χ4v) is 1.01. The number of anilines is 2. The molecule has 0 atom stereocenters. The molecule has 1 heterocycles. The smallest absolute Gasteiger partial charge is 0.369 e. The first-order valence-electron chi connectivity index (χ1n) is 5.15. The largest absolute Gasteiger partial charge is 0.394 e. The predicted molar refractivity (Wildman–Crippen MR) is 78.1 cm³/mol. The molecule has 0 spiro atoms. The minimum atomic E-state index is -4.67. The standard InChI is InChI=1S/C7H14N10.H2O4S/c1-3-2-14-7(17(13)6(10)11)15-4(3)16(12)5(8)9;1-5(2,3)4/h2H,12-13H2,1H3,(H3,8,9)(H3,10,11);(H2,1,2,3,4). The highest BCUT2D eigenvalue weighted by Gasteiger charge is 2.15. The molecule has 0 aliphatic rings. The normalized spacial score (nSPS) is 10.2. The summed E-state index contributed by atoms with van der Waals surface area (Å²) < 4.78 is 31.6.